The lowest BCUT2D eigenvalue weighted by molar-refractivity contribution is 0.547. The lowest BCUT2D eigenvalue weighted by Gasteiger charge is -2.27. The summed E-state index contributed by atoms with van der Waals surface area (Å²) in [5, 5.41) is 9.01. The van der Waals surface area contributed by atoms with Crippen molar-refractivity contribution in [2.75, 3.05) is 18.0 Å². The van der Waals surface area contributed by atoms with Crippen LogP contribution < -0.4 is 4.90 Å². The van der Waals surface area contributed by atoms with Crippen LogP contribution in [0.3, 0.4) is 0 Å². The number of hydrogen-bond donors (Lipinski definition) is 0. The van der Waals surface area contributed by atoms with Gasteiger partial charge in [0.15, 0.2) is 0 Å². The summed E-state index contributed by atoms with van der Waals surface area (Å²) in [6.07, 6.45) is 4.42. The lowest BCUT2D eigenvalue weighted by Crippen LogP contribution is -2.32. The normalized spacial score (nSPS) is 28.1. The Kier molecular flexibility index (Phi) is 1.88. The SMILES string of the molecule is N#Cc1cccnc1N1CCC2CC2C1. The highest BCUT2D eigenvalue weighted by Crippen LogP contribution is 2.45. The van der Waals surface area contributed by atoms with E-state index in [4.69, 9.17) is 5.26 Å². The minimum absolute atomic E-state index is 0.705. The second-order valence-corrected chi connectivity index (χ2v) is 4.48. The highest BCUT2D eigenvalue weighted by molar-refractivity contribution is 5.54. The molecule has 1 aliphatic heterocycles. The molecule has 2 fully saturated rings. The van der Waals surface area contributed by atoms with Crippen molar-refractivity contribution in [1.82, 2.24) is 4.98 Å². The van der Waals surface area contributed by atoms with Gasteiger partial charge in [-0.3, -0.25) is 0 Å². The molecule has 0 radical (unpaired) electrons. The molecule has 1 aromatic heterocycles. The summed E-state index contributed by atoms with van der Waals surface area (Å²) in [6.45, 7) is 2.16. The molecule has 3 rings (SSSR count). The fraction of sp³-hybridized carbons (Fsp3) is 0.500. The third-order valence-corrected chi connectivity index (χ3v) is 3.50. The molecule has 3 nitrogen and oxygen atoms in total. The minimum atomic E-state index is 0.705. The van der Waals surface area contributed by atoms with Crippen LogP contribution in [0.2, 0.25) is 0 Å². The molecule has 0 spiro atoms. The van der Waals surface area contributed by atoms with Gasteiger partial charge in [-0.15, -0.1) is 0 Å². The molecule has 0 aromatic carbocycles. The zero-order chi connectivity index (χ0) is 10.3. The fourth-order valence-electron chi connectivity index (χ4n) is 2.51. The predicted octanol–water partition coefficient (Wildman–Crippen LogP) is 1.80. The van der Waals surface area contributed by atoms with Crippen LogP contribution >= 0.6 is 0 Å². The first kappa shape index (κ1) is 8.72. The number of rotatable bonds is 1. The summed E-state index contributed by atoms with van der Waals surface area (Å²) in [7, 11) is 0. The average molecular weight is 199 g/mol. The van der Waals surface area contributed by atoms with Gasteiger partial charge in [0.05, 0.1) is 5.56 Å². The van der Waals surface area contributed by atoms with Crippen molar-refractivity contribution >= 4 is 5.82 Å². The van der Waals surface area contributed by atoms with Crippen LogP contribution in [0.5, 0.6) is 0 Å². The Morgan fingerprint density at radius 1 is 1.47 bits per heavy atom. The van der Waals surface area contributed by atoms with Crippen LogP contribution in [-0.2, 0) is 0 Å². The maximum absolute atomic E-state index is 9.01. The first-order chi connectivity index (χ1) is 7.38. The van der Waals surface area contributed by atoms with Crippen molar-refractivity contribution in [1.29, 1.82) is 5.26 Å². The zero-order valence-electron chi connectivity index (χ0n) is 8.56. The molecule has 0 N–H and O–H groups in total. The van der Waals surface area contributed by atoms with Crippen molar-refractivity contribution in [2.45, 2.75) is 12.8 Å². The number of nitrogens with zero attached hydrogens (tertiary/aromatic N) is 3. The van der Waals surface area contributed by atoms with Gasteiger partial charge in [-0.1, -0.05) is 0 Å². The van der Waals surface area contributed by atoms with Gasteiger partial charge in [0.1, 0.15) is 11.9 Å². The van der Waals surface area contributed by atoms with Crippen LogP contribution in [0.1, 0.15) is 18.4 Å². The van der Waals surface area contributed by atoms with Crippen LogP contribution in [-0.4, -0.2) is 18.1 Å². The Morgan fingerprint density at radius 3 is 3.20 bits per heavy atom. The smallest absolute Gasteiger partial charge is 0.146 e. The molecule has 1 aliphatic carbocycles. The Hall–Kier alpha value is -1.56. The molecule has 1 saturated carbocycles. The van der Waals surface area contributed by atoms with Gasteiger partial charge in [-0.25, -0.2) is 4.98 Å². The zero-order valence-corrected chi connectivity index (χ0v) is 8.56. The van der Waals surface area contributed by atoms with E-state index in [1.54, 1.807) is 6.20 Å². The van der Waals surface area contributed by atoms with Crippen LogP contribution in [0.25, 0.3) is 0 Å². The highest BCUT2D eigenvalue weighted by Gasteiger charge is 2.41. The van der Waals surface area contributed by atoms with Gasteiger partial charge in [-0.2, -0.15) is 5.26 Å². The average Bonchev–Trinajstić information content (AvgIpc) is 3.07. The molecule has 2 atom stereocenters. The maximum Gasteiger partial charge on any atom is 0.146 e. The number of hydrogen-bond acceptors (Lipinski definition) is 3. The van der Waals surface area contributed by atoms with Gasteiger partial charge in [0, 0.05) is 19.3 Å². The summed E-state index contributed by atoms with van der Waals surface area (Å²) in [5.74, 6) is 2.72. The summed E-state index contributed by atoms with van der Waals surface area (Å²) in [5.41, 5.74) is 0.705. The second-order valence-electron chi connectivity index (χ2n) is 4.48. The molecule has 15 heavy (non-hydrogen) atoms. The van der Waals surface area contributed by atoms with E-state index in [-0.39, 0.29) is 0 Å². The number of pyridine rings is 1. The van der Waals surface area contributed by atoms with Gasteiger partial charge < -0.3 is 4.90 Å². The van der Waals surface area contributed by atoms with E-state index in [2.05, 4.69) is 16.0 Å². The molecule has 1 saturated heterocycles. The number of fused-ring (bicyclic) bond motifs is 1. The van der Waals surface area contributed by atoms with Gasteiger partial charge >= 0.3 is 0 Å². The van der Waals surface area contributed by atoms with E-state index in [1.165, 1.54) is 12.8 Å². The molecule has 0 bridgehead atoms. The lowest BCUT2D eigenvalue weighted by atomic mass is 10.1. The summed E-state index contributed by atoms with van der Waals surface area (Å²) in [4.78, 5) is 6.60. The first-order valence-corrected chi connectivity index (χ1v) is 5.48. The van der Waals surface area contributed by atoms with E-state index in [9.17, 15) is 0 Å². The first-order valence-electron chi connectivity index (χ1n) is 5.48. The Bertz CT molecular complexity index is 421. The van der Waals surface area contributed by atoms with Crippen molar-refractivity contribution in [3.05, 3.63) is 23.9 Å². The third-order valence-electron chi connectivity index (χ3n) is 3.50. The van der Waals surface area contributed by atoms with E-state index >= 15 is 0 Å². The molecule has 2 aliphatic rings. The largest absolute Gasteiger partial charge is 0.355 e. The standard InChI is InChI=1S/C12H13N3/c13-7-10-2-1-4-14-12(10)15-5-3-9-6-11(9)8-15/h1-2,4,9,11H,3,5-6,8H2. The molecule has 2 heterocycles. The van der Waals surface area contributed by atoms with Crippen LogP contribution in [0.4, 0.5) is 5.82 Å². The van der Waals surface area contributed by atoms with Crippen LogP contribution in [0, 0.1) is 23.2 Å². The van der Waals surface area contributed by atoms with Crippen LogP contribution in [0.15, 0.2) is 18.3 Å². The van der Waals surface area contributed by atoms with Gasteiger partial charge in [0.25, 0.3) is 0 Å². The molecule has 3 heteroatoms. The quantitative estimate of drug-likeness (QED) is 0.692. The number of piperidine rings is 1. The summed E-state index contributed by atoms with van der Waals surface area (Å²) in [6, 6.07) is 5.89. The molecule has 2 unspecified atom stereocenters. The minimum Gasteiger partial charge on any atom is -0.355 e. The van der Waals surface area contributed by atoms with E-state index in [0.717, 1.165) is 30.7 Å². The highest BCUT2D eigenvalue weighted by atomic mass is 15.2. The number of nitriles is 1. The van der Waals surface area contributed by atoms with E-state index < -0.39 is 0 Å². The molecule has 0 amide bonds. The van der Waals surface area contributed by atoms with Gasteiger partial charge in [-0.05, 0) is 36.8 Å². The van der Waals surface area contributed by atoms with E-state index in [0.29, 0.717) is 5.56 Å². The Labute approximate surface area is 89.3 Å². The van der Waals surface area contributed by atoms with Crippen molar-refractivity contribution in [2.24, 2.45) is 11.8 Å². The molecule has 1 aromatic rings. The number of aromatic nitrogens is 1. The topological polar surface area (TPSA) is 39.9 Å². The summed E-state index contributed by atoms with van der Waals surface area (Å²) < 4.78 is 0. The number of anilines is 1. The molecular weight excluding hydrogens is 186 g/mol. The van der Waals surface area contributed by atoms with Gasteiger partial charge in [0.2, 0.25) is 0 Å². The maximum atomic E-state index is 9.01. The summed E-state index contributed by atoms with van der Waals surface area (Å²) >= 11 is 0. The Balaban J connectivity index is 1.88. The monoisotopic (exact) mass is 199 g/mol. The Morgan fingerprint density at radius 2 is 2.40 bits per heavy atom. The van der Waals surface area contributed by atoms with Crippen molar-refractivity contribution in [3.8, 4) is 6.07 Å². The second kappa shape index (κ2) is 3.23. The predicted molar refractivity (Wildman–Crippen MR) is 57.4 cm³/mol. The molecular formula is C12H13N3. The van der Waals surface area contributed by atoms with E-state index in [1.807, 2.05) is 12.1 Å². The fourth-order valence-corrected chi connectivity index (χ4v) is 2.51. The van der Waals surface area contributed by atoms with Crippen molar-refractivity contribution < 1.29 is 0 Å². The van der Waals surface area contributed by atoms with Crippen molar-refractivity contribution in [3.63, 3.8) is 0 Å². The third kappa shape index (κ3) is 1.46. The molecule has 76 valence electrons.